The van der Waals surface area contributed by atoms with Crippen LogP contribution in [0.3, 0.4) is 0 Å². The fourth-order valence-corrected chi connectivity index (χ4v) is 1.64. The summed E-state index contributed by atoms with van der Waals surface area (Å²) in [4.78, 5) is 13.0. The molecule has 7 heteroatoms. The molecule has 5 nitrogen and oxygen atoms in total. The van der Waals surface area contributed by atoms with Crippen LogP contribution in [0.25, 0.3) is 0 Å². The van der Waals surface area contributed by atoms with E-state index in [1.165, 1.54) is 30.1 Å². The Labute approximate surface area is 105 Å². The van der Waals surface area contributed by atoms with Gasteiger partial charge in [-0.1, -0.05) is 12.1 Å². The zero-order valence-electron chi connectivity index (χ0n) is 10.1. The molecule has 0 aromatic heterocycles. The number of carbonyl (C=O) groups excluding carboxylic acids is 1. The lowest BCUT2D eigenvalue weighted by molar-refractivity contribution is 0.0770. The van der Waals surface area contributed by atoms with Gasteiger partial charge in [0.1, 0.15) is 5.82 Å². The molecular formula is C11H14FNO4S. The van der Waals surface area contributed by atoms with Gasteiger partial charge in [0.15, 0.2) is 0 Å². The van der Waals surface area contributed by atoms with Gasteiger partial charge in [-0.15, -0.1) is 0 Å². The molecule has 0 atom stereocenters. The Kier molecular flexibility index (Phi) is 4.80. The van der Waals surface area contributed by atoms with Crippen LogP contribution in [0.5, 0.6) is 0 Å². The number of amides is 1. The lowest BCUT2D eigenvalue weighted by atomic mass is 10.2. The zero-order valence-corrected chi connectivity index (χ0v) is 10.9. The van der Waals surface area contributed by atoms with Crippen molar-refractivity contribution in [3.05, 3.63) is 35.6 Å². The number of nitrogens with zero attached hydrogens (tertiary/aromatic N) is 1. The molecule has 1 aromatic carbocycles. The van der Waals surface area contributed by atoms with Crippen LogP contribution >= 0.6 is 0 Å². The Morgan fingerprint density at radius 1 is 1.39 bits per heavy atom. The SMILES string of the molecule is CN(CCOS(C)(=O)=O)C(=O)c1ccccc1F. The van der Waals surface area contributed by atoms with Gasteiger partial charge in [0.2, 0.25) is 0 Å². The van der Waals surface area contributed by atoms with Gasteiger partial charge in [0.05, 0.1) is 18.4 Å². The Hall–Kier alpha value is -1.47. The summed E-state index contributed by atoms with van der Waals surface area (Å²) < 4.78 is 39.3. The van der Waals surface area contributed by atoms with Crippen molar-refractivity contribution in [2.45, 2.75) is 0 Å². The average molecular weight is 275 g/mol. The number of hydrogen-bond donors (Lipinski definition) is 0. The fourth-order valence-electron chi connectivity index (χ4n) is 1.27. The van der Waals surface area contributed by atoms with Gasteiger partial charge in [0.25, 0.3) is 16.0 Å². The van der Waals surface area contributed by atoms with Crippen molar-refractivity contribution in [1.82, 2.24) is 4.90 Å². The molecule has 1 aromatic rings. The summed E-state index contributed by atoms with van der Waals surface area (Å²) in [5.41, 5.74) is -0.0562. The second-order valence-electron chi connectivity index (χ2n) is 3.73. The highest BCUT2D eigenvalue weighted by molar-refractivity contribution is 7.85. The summed E-state index contributed by atoms with van der Waals surface area (Å²) in [5, 5.41) is 0. The zero-order chi connectivity index (χ0) is 13.8. The third kappa shape index (κ3) is 4.42. The Bertz CT molecular complexity index is 530. The predicted molar refractivity (Wildman–Crippen MR) is 64.2 cm³/mol. The summed E-state index contributed by atoms with van der Waals surface area (Å²) in [6.45, 7) is -0.101. The van der Waals surface area contributed by atoms with Crippen molar-refractivity contribution in [1.29, 1.82) is 0 Å². The van der Waals surface area contributed by atoms with Crippen LogP contribution in [0.4, 0.5) is 4.39 Å². The number of halogens is 1. The molecule has 0 N–H and O–H groups in total. The molecule has 100 valence electrons. The molecule has 0 bridgehead atoms. The highest BCUT2D eigenvalue weighted by Gasteiger charge is 2.15. The van der Waals surface area contributed by atoms with Crippen molar-refractivity contribution in [3.63, 3.8) is 0 Å². The number of benzene rings is 1. The first-order valence-electron chi connectivity index (χ1n) is 5.15. The molecule has 1 amide bonds. The van der Waals surface area contributed by atoms with E-state index in [-0.39, 0.29) is 18.7 Å². The molecule has 0 spiro atoms. The van der Waals surface area contributed by atoms with Gasteiger partial charge in [-0.05, 0) is 12.1 Å². The van der Waals surface area contributed by atoms with E-state index >= 15 is 0 Å². The van der Waals surface area contributed by atoms with Crippen LogP contribution in [0, 0.1) is 5.82 Å². The Morgan fingerprint density at radius 3 is 2.56 bits per heavy atom. The highest BCUT2D eigenvalue weighted by Crippen LogP contribution is 2.08. The van der Waals surface area contributed by atoms with E-state index in [2.05, 4.69) is 4.18 Å². The molecule has 1 rings (SSSR count). The third-order valence-corrected chi connectivity index (χ3v) is 2.77. The van der Waals surface area contributed by atoms with E-state index < -0.39 is 21.8 Å². The monoisotopic (exact) mass is 275 g/mol. The molecule has 0 heterocycles. The molecule has 0 unspecified atom stereocenters. The Morgan fingerprint density at radius 2 is 2.00 bits per heavy atom. The van der Waals surface area contributed by atoms with Crippen LogP contribution in [0.2, 0.25) is 0 Å². The molecule has 0 aliphatic heterocycles. The minimum absolute atomic E-state index is 0.0558. The Balaban J connectivity index is 2.60. The molecule has 18 heavy (non-hydrogen) atoms. The minimum Gasteiger partial charge on any atom is -0.339 e. The summed E-state index contributed by atoms with van der Waals surface area (Å²) in [6.07, 6.45) is 0.922. The molecule has 0 fully saturated rings. The maximum atomic E-state index is 13.3. The summed E-state index contributed by atoms with van der Waals surface area (Å²) in [5.74, 6) is -1.14. The van der Waals surface area contributed by atoms with E-state index in [0.29, 0.717) is 0 Å². The molecule has 0 saturated carbocycles. The first kappa shape index (κ1) is 14.6. The van der Waals surface area contributed by atoms with E-state index in [9.17, 15) is 17.6 Å². The highest BCUT2D eigenvalue weighted by atomic mass is 32.2. The smallest absolute Gasteiger partial charge is 0.264 e. The van der Waals surface area contributed by atoms with E-state index in [4.69, 9.17) is 0 Å². The standard InChI is InChI=1S/C11H14FNO4S/c1-13(7-8-17-18(2,15)16)11(14)9-5-3-4-6-10(9)12/h3-6H,7-8H2,1-2H3. The fraction of sp³-hybridized carbons (Fsp3) is 0.364. The second kappa shape index (κ2) is 5.92. The maximum Gasteiger partial charge on any atom is 0.264 e. The van der Waals surface area contributed by atoms with Gasteiger partial charge >= 0.3 is 0 Å². The largest absolute Gasteiger partial charge is 0.339 e. The number of carbonyl (C=O) groups is 1. The van der Waals surface area contributed by atoms with Crippen molar-refractivity contribution in [2.75, 3.05) is 26.5 Å². The van der Waals surface area contributed by atoms with Gasteiger partial charge in [-0.25, -0.2) is 4.39 Å². The number of hydrogen-bond acceptors (Lipinski definition) is 4. The van der Waals surface area contributed by atoms with Gasteiger partial charge in [-0.2, -0.15) is 8.42 Å². The lowest BCUT2D eigenvalue weighted by Gasteiger charge is -2.16. The van der Waals surface area contributed by atoms with Crippen LogP contribution < -0.4 is 0 Å². The minimum atomic E-state index is -3.53. The van der Waals surface area contributed by atoms with Crippen LogP contribution in [0.1, 0.15) is 10.4 Å². The molecular weight excluding hydrogens is 261 g/mol. The topological polar surface area (TPSA) is 63.7 Å². The predicted octanol–water partition coefficient (Wildman–Crippen LogP) is 0.874. The van der Waals surface area contributed by atoms with Crippen molar-refractivity contribution in [3.8, 4) is 0 Å². The van der Waals surface area contributed by atoms with Crippen molar-refractivity contribution in [2.24, 2.45) is 0 Å². The lowest BCUT2D eigenvalue weighted by Crippen LogP contribution is -2.31. The maximum absolute atomic E-state index is 13.3. The van der Waals surface area contributed by atoms with Crippen molar-refractivity contribution >= 4 is 16.0 Å². The summed E-state index contributed by atoms with van der Waals surface area (Å²) >= 11 is 0. The van der Waals surface area contributed by atoms with E-state index in [0.717, 1.165) is 6.26 Å². The number of rotatable bonds is 5. The average Bonchev–Trinajstić information content (AvgIpc) is 2.27. The quantitative estimate of drug-likeness (QED) is 0.748. The number of likely N-dealkylation sites (N-methyl/N-ethyl adjacent to an activating group) is 1. The molecule has 0 aliphatic rings. The van der Waals surface area contributed by atoms with Crippen LogP contribution in [-0.2, 0) is 14.3 Å². The molecule has 0 radical (unpaired) electrons. The van der Waals surface area contributed by atoms with Gasteiger partial charge in [-0.3, -0.25) is 8.98 Å². The summed E-state index contributed by atoms with van der Waals surface area (Å²) in [7, 11) is -2.09. The first-order valence-corrected chi connectivity index (χ1v) is 6.97. The summed E-state index contributed by atoms with van der Waals surface area (Å²) in [6, 6.07) is 5.59. The van der Waals surface area contributed by atoms with Gasteiger partial charge < -0.3 is 4.90 Å². The third-order valence-electron chi connectivity index (χ3n) is 2.18. The van der Waals surface area contributed by atoms with E-state index in [1.807, 2.05) is 0 Å². The van der Waals surface area contributed by atoms with Crippen LogP contribution in [-0.4, -0.2) is 45.7 Å². The normalized spacial score (nSPS) is 11.3. The molecule has 0 aliphatic carbocycles. The molecule has 0 saturated heterocycles. The van der Waals surface area contributed by atoms with E-state index in [1.54, 1.807) is 6.07 Å². The van der Waals surface area contributed by atoms with Crippen molar-refractivity contribution < 1.29 is 21.8 Å². The second-order valence-corrected chi connectivity index (χ2v) is 5.38. The van der Waals surface area contributed by atoms with Crippen LogP contribution in [0.15, 0.2) is 24.3 Å². The first-order chi connectivity index (χ1) is 8.31. The van der Waals surface area contributed by atoms with Gasteiger partial charge in [0, 0.05) is 13.6 Å².